The Bertz CT molecular complexity index is 201. The summed E-state index contributed by atoms with van der Waals surface area (Å²) >= 11 is 0. The Morgan fingerprint density at radius 1 is 0.944 bits per heavy atom. The number of hydrogen-bond acceptors (Lipinski definition) is 1. The van der Waals surface area contributed by atoms with Gasteiger partial charge in [-0.3, -0.25) is 4.79 Å². The van der Waals surface area contributed by atoms with Crippen molar-refractivity contribution < 1.29 is 9.90 Å². The van der Waals surface area contributed by atoms with E-state index in [9.17, 15) is 4.79 Å². The first-order valence-corrected chi connectivity index (χ1v) is 7.85. The largest absolute Gasteiger partial charge is 0.481 e. The lowest BCUT2D eigenvalue weighted by molar-refractivity contribution is -0.137. The van der Waals surface area contributed by atoms with Crippen LogP contribution in [0, 0.1) is 11.8 Å². The lowest BCUT2D eigenvalue weighted by atomic mass is 9.85. The Hall–Kier alpha value is -0.530. The van der Waals surface area contributed by atoms with Gasteiger partial charge in [-0.1, -0.05) is 65.7 Å². The highest BCUT2D eigenvalue weighted by Crippen LogP contribution is 2.26. The van der Waals surface area contributed by atoms with Gasteiger partial charge in [0.1, 0.15) is 0 Å². The van der Waals surface area contributed by atoms with Gasteiger partial charge in [0.2, 0.25) is 0 Å². The maximum Gasteiger partial charge on any atom is 0.303 e. The van der Waals surface area contributed by atoms with Crippen molar-refractivity contribution in [2.24, 2.45) is 11.8 Å². The van der Waals surface area contributed by atoms with Gasteiger partial charge in [-0.25, -0.2) is 0 Å². The van der Waals surface area contributed by atoms with Crippen LogP contribution >= 0.6 is 0 Å². The van der Waals surface area contributed by atoms with Crippen molar-refractivity contribution in [3.63, 3.8) is 0 Å². The molecule has 0 fully saturated rings. The first kappa shape index (κ1) is 17.5. The average molecular weight is 256 g/mol. The molecule has 108 valence electrons. The molecule has 0 bridgehead atoms. The number of rotatable bonds is 12. The fourth-order valence-corrected chi connectivity index (χ4v) is 2.64. The van der Waals surface area contributed by atoms with Gasteiger partial charge in [0.25, 0.3) is 0 Å². The van der Waals surface area contributed by atoms with Crippen LogP contribution in [0.4, 0.5) is 0 Å². The highest BCUT2D eigenvalue weighted by Gasteiger charge is 2.14. The molecule has 0 saturated carbocycles. The molecule has 1 N–H and O–H groups in total. The number of hydrogen-bond donors (Lipinski definition) is 1. The van der Waals surface area contributed by atoms with Crippen LogP contribution in [0.15, 0.2) is 0 Å². The molecule has 0 amide bonds. The van der Waals surface area contributed by atoms with Gasteiger partial charge in [0.05, 0.1) is 0 Å². The van der Waals surface area contributed by atoms with Gasteiger partial charge in [-0.2, -0.15) is 0 Å². The van der Waals surface area contributed by atoms with Crippen LogP contribution in [0.25, 0.3) is 0 Å². The number of carboxylic acid groups (broad SMARTS) is 1. The summed E-state index contributed by atoms with van der Waals surface area (Å²) in [6.07, 6.45) is 11.5. The molecule has 0 heterocycles. The Labute approximate surface area is 113 Å². The molecular weight excluding hydrogens is 224 g/mol. The molecular formula is C16H32O2. The van der Waals surface area contributed by atoms with Crippen LogP contribution in [0.1, 0.15) is 85.0 Å². The molecule has 2 atom stereocenters. The van der Waals surface area contributed by atoms with Gasteiger partial charge >= 0.3 is 5.97 Å². The Balaban J connectivity index is 3.87. The van der Waals surface area contributed by atoms with Gasteiger partial charge in [0.15, 0.2) is 0 Å². The van der Waals surface area contributed by atoms with Crippen molar-refractivity contribution in [2.75, 3.05) is 0 Å². The first-order chi connectivity index (χ1) is 8.63. The molecule has 0 aromatic carbocycles. The van der Waals surface area contributed by atoms with Crippen LogP contribution in [0.3, 0.4) is 0 Å². The Morgan fingerprint density at radius 2 is 1.56 bits per heavy atom. The summed E-state index contributed by atoms with van der Waals surface area (Å²) in [7, 11) is 0. The lowest BCUT2D eigenvalue weighted by Crippen LogP contribution is -2.10. The predicted octanol–water partition coefficient (Wildman–Crippen LogP) is 5.26. The number of aliphatic carboxylic acids is 1. The van der Waals surface area contributed by atoms with E-state index < -0.39 is 5.97 Å². The minimum absolute atomic E-state index is 0.338. The number of carbonyl (C=O) groups is 1. The molecule has 0 aliphatic heterocycles. The third-order valence-corrected chi connectivity index (χ3v) is 4.05. The molecule has 0 aliphatic carbocycles. The molecule has 0 aromatic heterocycles. The number of carboxylic acids is 1. The molecule has 0 rings (SSSR count). The molecule has 0 spiro atoms. The molecule has 0 radical (unpaired) electrons. The van der Waals surface area contributed by atoms with E-state index in [4.69, 9.17) is 5.11 Å². The summed E-state index contributed by atoms with van der Waals surface area (Å²) in [5.74, 6) is 0.766. The SMILES string of the molecule is CCCCCCC(CC)CC(CC)CCC(=O)O. The predicted molar refractivity (Wildman–Crippen MR) is 77.8 cm³/mol. The van der Waals surface area contributed by atoms with Crippen LogP contribution in [0.5, 0.6) is 0 Å². The van der Waals surface area contributed by atoms with Crippen LogP contribution in [0.2, 0.25) is 0 Å². The second-order valence-corrected chi connectivity index (χ2v) is 5.57. The third kappa shape index (κ3) is 9.49. The standard InChI is InChI=1S/C16H32O2/c1-4-7-8-9-10-14(5-2)13-15(6-3)11-12-16(17)18/h14-15H,4-13H2,1-3H3,(H,17,18). The number of unbranched alkanes of at least 4 members (excludes halogenated alkanes) is 3. The summed E-state index contributed by atoms with van der Waals surface area (Å²) in [5.41, 5.74) is 0. The molecule has 2 heteroatoms. The maximum absolute atomic E-state index is 10.6. The third-order valence-electron chi connectivity index (χ3n) is 4.05. The van der Waals surface area contributed by atoms with Crippen molar-refractivity contribution >= 4 is 5.97 Å². The van der Waals surface area contributed by atoms with E-state index in [1.165, 1.54) is 44.9 Å². The lowest BCUT2D eigenvalue weighted by Gasteiger charge is -2.21. The smallest absolute Gasteiger partial charge is 0.303 e. The van der Waals surface area contributed by atoms with Crippen molar-refractivity contribution in [1.29, 1.82) is 0 Å². The summed E-state index contributed by atoms with van der Waals surface area (Å²) in [4.78, 5) is 10.6. The first-order valence-electron chi connectivity index (χ1n) is 7.85. The van der Waals surface area contributed by atoms with Crippen molar-refractivity contribution in [3.05, 3.63) is 0 Å². The van der Waals surface area contributed by atoms with Crippen molar-refractivity contribution in [2.45, 2.75) is 85.0 Å². The average Bonchev–Trinajstić information content (AvgIpc) is 2.36. The van der Waals surface area contributed by atoms with E-state index in [0.717, 1.165) is 18.8 Å². The highest BCUT2D eigenvalue weighted by molar-refractivity contribution is 5.66. The van der Waals surface area contributed by atoms with Crippen molar-refractivity contribution in [3.8, 4) is 0 Å². The highest BCUT2D eigenvalue weighted by atomic mass is 16.4. The molecule has 18 heavy (non-hydrogen) atoms. The molecule has 2 unspecified atom stereocenters. The van der Waals surface area contributed by atoms with Gasteiger partial charge in [-0.15, -0.1) is 0 Å². The van der Waals surface area contributed by atoms with E-state index in [1.54, 1.807) is 0 Å². The molecule has 0 aliphatic rings. The molecule has 0 aromatic rings. The van der Waals surface area contributed by atoms with Crippen LogP contribution in [-0.2, 0) is 4.79 Å². The second-order valence-electron chi connectivity index (χ2n) is 5.57. The molecule has 0 saturated heterocycles. The Morgan fingerprint density at radius 3 is 2.06 bits per heavy atom. The minimum atomic E-state index is -0.649. The monoisotopic (exact) mass is 256 g/mol. The van der Waals surface area contributed by atoms with Crippen LogP contribution in [-0.4, -0.2) is 11.1 Å². The van der Waals surface area contributed by atoms with E-state index in [-0.39, 0.29) is 0 Å². The topological polar surface area (TPSA) is 37.3 Å². The van der Waals surface area contributed by atoms with Gasteiger partial charge < -0.3 is 5.11 Å². The maximum atomic E-state index is 10.6. The van der Waals surface area contributed by atoms with E-state index in [2.05, 4.69) is 20.8 Å². The summed E-state index contributed by atoms with van der Waals surface area (Å²) in [6, 6.07) is 0. The van der Waals surface area contributed by atoms with Gasteiger partial charge in [-0.05, 0) is 24.7 Å². The van der Waals surface area contributed by atoms with E-state index in [0.29, 0.717) is 12.3 Å². The van der Waals surface area contributed by atoms with Crippen molar-refractivity contribution in [1.82, 2.24) is 0 Å². The van der Waals surface area contributed by atoms with Crippen LogP contribution < -0.4 is 0 Å². The minimum Gasteiger partial charge on any atom is -0.481 e. The van der Waals surface area contributed by atoms with E-state index in [1.807, 2.05) is 0 Å². The molecule has 2 nitrogen and oxygen atoms in total. The normalized spacial score (nSPS) is 14.4. The summed E-state index contributed by atoms with van der Waals surface area (Å²) in [6.45, 7) is 6.71. The summed E-state index contributed by atoms with van der Waals surface area (Å²) in [5, 5.41) is 8.75. The van der Waals surface area contributed by atoms with E-state index >= 15 is 0 Å². The zero-order valence-electron chi connectivity index (χ0n) is 12.6. The summed E-state index contributed by atoms with van der Waals surface area (Å²) < 4.78 is 0. The zero-order chi connectivity index (χ0) is 13.8. The second kappa shape index (κ2) is 11.6. The Kier molecular flexibility index (Phi) is 11.2. The fraction of sp³-hybridized carbons (Fsp3) is 0.938. The fourth-order valence-electron chi connectivity index (χ4n) is 2.64. The quantitative estimate of drug-likeness (QED) is 0.483. The zero-order valence-corrected chi connectivity index (χ0v) is 12.6. The van der Waals surface area contributed by atoms with Gasteiger partial charge in [0, 0.05) is 6.42 Å².